The molecule has 3 amide bonds. The van der Waals surface area contributed by atoms with Gasteiger partial charge in [0.05, 0.1) is 11.4 Å². The van der Waals surface area contributed by atoms with Gasteiger partial charge in [-0.05, 0) is 42.8 Å². The van der Waals surface area contributed by atoms with Gasteiger partial charge in [0.1, 0.15) is 25.5 Å². The van der Waals surface area contributed by atoms with E-state index in [-0.39, 0.29) is 30.9 Å². The van der Waals surface area contributed by atoms with Crippen LogP contribution < -0.4 is 21.0 Å². The highest BCUT2D eigenvalue weighted by molar-refractivity contribution is 6.31. The Hall–Kier alpha value is -4.32. The molecule has 0 spiro atoms. The van der Waals surface area contributed by atoms with Gasteiger partial charge in [0.2, 0.25) is 17.7 Å². The van der Waals surface area contributed by atoms with Crippen molar-refractivity contribution in [3.63, 3.8) is 0 Å². The number of nitrogens with one attached hydrogen (secondary N) is 3. The maximum Gasteiger partial charge on any atom is 0.247 e. The van der Waals surface area contributed by atoms with Crippen LogP contribution in [0.4, 0.5) is 22.7 Å². The van der Waals surface area contributed by atoms with Gasteiger partial charge >= 0.3 is 0 Å². The Morgan fingerprint density at radius 2 is 2.00 bits per heavy atom. The molecule has 0 aliphatic carbocycles. The summed E-state index contributed by atoms with van der Waals surface area (Å²) in [5.41, 5.74) is 15.3. The van der Waals surface area contributed by atoms with Crippen LogP contribution in [0, 0.1) is 10.9 Å². The fourth-order valence-corrected chi connectivity index (χ4v) is 4.04. The molecule has 1 saturated heterocycles. The van der Waals surface area contributed by atoms with Crippen molar-refractivity contribution in [3.8, 4) is 0 Å². The summed E-state index contributed by atoms with van der Waals surface area (Å²) in [6.45, 7) is 1.06. The monoisotopic (exact) mass is 511 g/mol. The lowest BCUT2D eigenvalue weighted by Crippen LogP contribution is -2.59. The summed E-state index contributed by atoms with van der Waals surface area (Å²) in [6.07, 6.45) is 2.65. The van der Waals surface area contributed by atoms with Crippen molar-refractivity contribution in [2.24, 2.45) is 10.2 Å². The number of hydrogen-bond donors (Lipinski definition) is 4. The van der Waals surface area contributed by atoms with Crippen LogP contribution in [0.2, 0.25) is 5.02 Å². The number of carbonyl (C=O) groups excluding carboxylic acids is 3. The number of aliphatic imine (C=N–C) groups is 1. The third-order valence-electron chi connectivity index (χ3n) is 5.61. The third-order valence-corrected chi connectivity index (χ3v) is 5.85. The second-order valence-electron chi connectivity index (χ2n) is 7.85. The molecule has 1 aliphatic heterocycles. The first-order chi connectivity index (χ1) is 17.2. The van der Waals surface area contributed by atoms with Crippen molar-refractivity contribution >= 4 is 64.6 Å². The van der Waals surface area contributed by atoms with Crippen LogP contribution in [-0.4, -0.2) is 61.4 Å². The molecule has 12 nitrogen and oxygen atoms in total. The molecule has 0 bridgehead atoms. The molecule has 2 aromatic carbocycles. The minimum Gasteiger partial charge on any atom is -0.398 e. The number of nitrogens with two attached hydrogens (primary N) is 1. The van der Waals surface area contributed by atoms with Gasteiger partial charge in [-0.2, -0.15) is 5.53 Å². The lowest BCUT2D eigenvalue weighted by atomic mass is 10.1. The van der Waals surface area contributed by atoms with Crippen LogP contribution in [0.5, 0.6) is 0 Å². The second kappa shape index (κ2) is 11.4. The molecular weight excluding hydrogens is 486 g/mol. The van der Waals surface area contributed by atoms with Gasteiger partial charge in [0.25, 0.3) is 0 Å². The van der Waals surface area contributed by atoms with Crippen molar-refractivity contribution in [1.82, 2.24) is 4.90 Å². The van der Waals surface area contributed by atoms with E-state index >= 15 is 0 Å². The van der Waals surface area contributed by atoms with Gasteiger partial charge < -0.3 is 16.0 Å². The Labute approximate surface area is 212 Å². The van der Waals surface area contributed by atoms with E-state index in [0.29, 0.717) is 22.0 Å². The second-order valence-corrected chi connectivity index (χ2v) is 8.29. The molecule has 188 valence electrons. The number of benzene rings is 2. The zero-order valence-corrected chi connectivity index (χ0v) is 20.5. The summed E-state index contributed by atoms with van der Waals surface area (Å²) in [4.78, 5) is 45.8. The van der Waals surface area contributed by atoms with Gasteiger partial charge in [0.15, 0.2) is 0 Å². The topological polar surface area (TPSA) is 171 Å². The highest BCUT2D eigenvalue weighted by Crippen LogP contribution is 2.33. The maximum absolute atomic E-state index is 13.1. The van der Waals surface area contributed by atoms with Crippen LogP contribution in [-0.2, 0) is 14.4 Å². The number of halogens is 1. The molecule has 0 aromatic heterocycles. The fraction of sp³-hybridized carbons (Fsp3) is 0.261. The molecule has 3 rings (SSSR count). The summed E-state index contributed by atoms with van der Waals surface area (Å²) in [5, 5.41) is 14.7. The predicted octanol–water partition coefficient (Wildman–Crippen LogP) is 2.92. The van der Waals surface area contributed by atoms with E-state index in [1.165, 1.54) is 28.0 Å². The van der Waals surface area contributed by atoms with Crippen molar-refractivity contribution in [2.45, 2.75) is 19.4 Å². The number of amides is 3. The normalized spacial score (nSPS) is 14.6. The molecule has 1 heterocycles. The maximum atomic E-state index is 13.1. The van der Waals surface area contributed by atoms with Gasteiger partial charge in [-0.25, -0.2) is 5.01 Å². The molecule has 1 fully saturated rings. The Balaban J connectivity index is 1.83. The highest BCUT2D eigenvalue weighted by Gasteiger charge is 2.38. The SMILES string of the molecule is CCC(C(=O)Nc1ccc(N)c(C=NC)c1)N1CC(=O)N(c2cc(Cl)ccc2N(C=N)N=N)CC1=O. The smallest absolute Gasteiger partial charge is 0.247 e. The molecule has 0 radical (unpaired) electrons. The number of carbonyl (C=O) groups is 3. The average Bonchev–Trinajstić information content (AvgIpc) is 2.85. The summed E-state index contributed by atoms with van der Waals surface area (Å²) in [5.74, 6) is -1.33. The van der Waals surface area contributed by atoms with E-state index in [1.54, 1.807) is 38.4 Å². The van der Waals surface area contributed by atoms with Crippen LogP contribution in [0.3, 0.4) is 0 Å². The summed E-state index contributed by atoms with van der Waals surface area (Å²) in [7, 11) is 1.61. The fourth-order valence-electron chi connectivity index (χ4n) is 3.87. The van der Waals surface area contributed by atoms with Crippen LogP contribution in [0.25, 0.3) is 0 Å². The quantitative estimate of drug-likeness (QED) is 0.133. The van der Waals surface area contributed by atoms with Gasteiger partial charge in [-0.3, -0.25) is 29.7 Å². The molecular formula is C23H26ClN9O3. The Morgan fingerprint density at radius 3 is 2.64 bits per heavy atom. The summed E-state index contributed by atoms with van der Waals surface area (Å²) < 4.78 is 0. The van der Waals surface area contributed by atoms with E-state index in [2.05, 4.69) is 15.5 Å². The molecule has 13 heteroatoms. The molecule has 36 heavy (non-hydrogen) atoms. The Morgan fingerprint density at radius 1 is 1.25 bits per heavy atom. The van der Waals surface area contributed by atoms with E-state index in [4.69, 9.17) is 28.3 Å². The molecule has 1 atom stereocenters. The standard InChI is InChI=1S/C23H26ClN9O3/c1-3-18(23(36)29-16-5-6-17(26)14(8-16)10-28-2)31-11-22(35)32(12-21(31)34)20-9-15(24)4-7-19(20)33(13-25)30-27/h4-10,13,18,25,27H,3,11-12,26H2,1-2H3,(H,29,36). The lowest BCUT2D eigenvalue weighted by Gasteiger charge is -2.38. The Kier molecular flexibility index (Phi) is 8.33. The average molecular weight is 512 g/mol. The first kappa shape index (κ1) is 26.3. The van der Waals surface area contributed by atoms with Crippen molar-refractivity contribution in [2.75, 3.05) is 41.1 Å². The van der Waals surface area contributed by atoms with Crippen molar-refractivity contribution < 1.29 is 14.4 Å². The van der Waals surface area contributed by atoms with Crippen molar-refractivity contribution in [1.29, 1.82) is 10.9 Å². The van der Waals surface area contributed by atoms with E-state index in [1.807, 2.05) is 0 Å². The molecule has 1 aliphatic rings. The van der Waals surface area contributed by atoms with Gasteiger partial charge in [-0.15, -0.1) is 0 Å². The van der Waals surface area contributed by atoms with E-state index < -0.39 is 23.8 Å². The molecule has 5 N–H and O–H groups in total. The van der Waals surface area contributed by atoms with Crippen LogP contribution in [0.15, 0.2) is 46.6 Å². The predicted molar refractivity (Wildman–Crippen MR) is 139 cm³/mol. The lowest BCUT2D eigenvalue weighted by molar-refractivity contribution is -0.144. The number of nitrogen functional groups attached to an aromatic ring is 1. The summed E-state index contributed by atoms with van der Waals surface area (Å²) in [6, 6.07) is 8.56. The zero-order valence-electron chi connectivity index (χ0n) is 19.7. The first-order valence-electron chi connectivity index (χ1n) is 10.9. The summed E-state index contributed by atoms with van der Waals surface area (Å²) >= 11 is 6.12. The number of piperazine rings is 1. The van der Waals surface area contributed by atoms with Gasteiger partial charge in [0, 0.05) is 35.2 Å². The van der Waals surface area contributed by atoms with E-state index in [0.717, 1.165) is 11.3 Å². The van der Waals surface area contributed by atoms with E-state index in [9.17, 15) is 14.4 Å². The minimum absolute atomic E-state index is 0.226. The number of hydrogen-bond acceptors (Lipinski definition) is 8. The van der Waals surface area contributed by atoms with Crippen LogP contribution >= 0.6 is 11.6 Å². The third kappa shape index (κ3) is 5.49. The number of rotatable bonds is 9. The van der Waals surface area contributed by atoms with Crippen molar-refractivity contribution in [3.05, 3.63) is 47.0 Å². The molecule has 0 saturated carbocycles. The minimum atomic E-state index is -0.885. The Bertz CT molecular complexity index is 1230. The zero-order chi connectivity index (χ0) is 26.4. The highest BCUT2D eigenvalue weighted by atomic mass is 35.5. The molecule has 2 aromatic rings. The largest absolute Gasteiger partial charge is 0.398 e. The first-order valence-corrected chi connectivity index (χ1v) is 11.3. The number of nitrogens with zero attached hydrogens (tertiary/aromatic N) is 5. The van der Waals surface area contributed by atoms with Gasteiger partial charge in [-0.1, -0.05) is 23.7 Å². The number of anilines is 4. The van der Waals surface area contributed by atoms with Crippen LogP contribution in [0.1, 0.15) is 18.9 Å². The molecule has 1 unspecified atom stereocenters.